The lowest BCUT2D eigenvalue weighted by molar-refractivity contribution is 0.340. The molecule has 0 fully saturated rings. The smallest absolute Gasteiger partial charge is 0.138 e. The van der Waals surface area contributed by atoms with Crippen LogP contribution in [0.15, 0.2) is 42.5 Å². The Morgan fingerprint density at radius 1 is 1.16 bits per heavy atom. The number of aromatic nitrogens is 2. The third kappa shape index (κ3) is 2.32. The van der Waals surface area contributed by atoms with Gasteiger partial charge in [0.05, 0.1) is 17.6 Å². The van der Waals surface area contributed by atoms with Gasteiger partial charge in [0, 0.05) is 5.56 Å². The quantitative estimate of drug-likeness (QED) is 0.766. The van der Waals surface area contributed by atoms with Crippen LogP contribution in [0.2, 0.25) is 0 Å². The minimum atomic E-state index is 0.669. The van der Waals surface area contributed by atoms with Crippen molar-refractivity contribution in [2.24, 2.45) is 0 Å². The Labute approximate surface area is 112 Å². The summed E-state index contributed by atoms with van der Waals surface area (Å²) in [6.45, 7) is 4.73. The van der Waals surface area contributed by atoms with Gasteiger partial charge < -0.3 is 9.72 Å². The average molecular weight is 252 g/mol. The van der Waals surface area contributed by atoms with E-state index in [1.165, 1.54) is 5.56 Å². The first-order valence-corrected chi connectivity index (χ1v) is 6.46. The van der Waals surface area contributed by atoms with Crippen molar-refractivity contribution in [3.63, 3.8) is 0 Å². The summed E-state index contributed by atoms with van der Waals surface area (Å²) in [6, 6.07) is 14.2. The molecule has 0 aliphatic heterocycles. The Kier molecular flexibility index (Phi) is 2.95. The predicted molar refractivity (Wildman–Crippen MR) is 77.4 cm³/mol. The van der Waals surface area contributed by atoms with Crippen LogP contribution in [0.1, 0.15) is 12.5 Å². The number of benzene rings is 2. The summed E-state index contributed by atoms with van der Waals surface area (Å²) >= 11 is 0. The zero-order valence-electron chi connectivity index (χ0n) is 11.1. The van der Waals surface area contributed by atoms with Crippen molar-refractivity contribution < 1.29 is 4.74 Å². The highest BCUT2D eigenvalue weighted by Gasteiger charge is 2.06. The molecule has 0 unspecified atom stereocenters. The summed E-state index contributed by atoms with van der Waals surface area (Å²) in [5, 5.41) is 0. The molecule has 0 bridgehead atoms. The lowest BCUT2D eigenvalue weighted by Crippen LogP contribution is -1.91. The van der Waals surface area contributed by atoms with E-state index in [1.807, 2.05) is 37.3 Å². The molecule has 3 rings (SSSR count). The first kappa shape index (κ1) is 11.8. The number of H-pyrrole nitrogens is 1. The van der Waals surface area contributed by atoms with Gasteiger partial charge in [-0.2, -0.15) is 0 Å². The first-order chi connectivity index (χ1) is 9.26. The summed E-state index contributed by atoms with van der Waals surface area (Å²) in [5.74, 6) is 1.75. The third-order valence-corrected chi connectivity index (χ3v) is 3.06. The fourth-order valence-electron chi connectivity index (χ4n) is 2.16. The average Bonchev–Trinajstić information content (AvgIpc) is 2.82. The van der Waals surface area contributed by atoms with Gasteiger partial charge in [0.1, 0.15) is 11.6 Å². The van der Waals surface area contributed by atoms with Gasteiger partial charge in [-0.15, -0.1) is 0 Å². The minimum Gasteiger partial charge on any atom is -0.494 e. The van der Waals surface area contributed by atoms with E-state index < -0.39 is 0 Å². The Morgan fingerprint density at radius 3 is 2.89 bits per heavy atom. The fraction of sp³-hybridized carbons (Fsp3) is 0.188. The van der Waals surface area contributed by atoms with Crippen molar-refractivity contribution in [2.75, 3.05) is 6.61 Å². The highest BCUT2D eigenvalue weighted by Crippen LogP contribution is 2.24. The van der Waals surface area contributed by atoms with E-state index in [4.69, 9.17) is 4.74 Å². The Morgan fingerprint density at radius 2 is 2.05 bits per heavy atom. The van der Waals surface area contributed by atoms with Gasteiger partial charge >= 0.3 is 0 Å². The molecule has 0 saturated heterocycles. The normalized spacial score (nSPS) is 10.8. The number of hydrogen-bond acceptors (Lipinski definition) is 2. The van der Waals surface area contributed by atoms with E-state index >= 15 is 0 Å². The zero-order chi connectivity index (χ0) is 13.2. The Hall–Kier alpha value is -2.29. The largest absolute Gasteiger partial charge is 0.494 e. The van der Waals surface area contributed by atoms with Crippen LogP contribution in [-0.4, -0.2) is 16.6 Å². The van der Waals surface area contributed by atoms with Gasteiger partial charge in [-0.05, 0) is 43.7 Å². The van der Waals surface area contributed by atoms with E-state index in [9.17, 15) is 0 Å². The van der Waals surface area contributed by atoms with Gasteiger partial charge in [0.15, 0.2) is 0 Å². The number of hydrogen-bond donors (Lipinski definition) is 1. The third-order valence-electron chi connectivity index (χ3n) is 3.06. The molecule has 96 valence electrons. The molecule has 3 aromatic rings. The van der Waals surface area contributed by atoms with Crippen LogP contribution in [0.3, 0.4) is 0 Å². The molecular weight excluding hydrogens is 236 g/mol. The Bertz CT molecular complexity index is 716. The van der Waals surface area contributed by atoms with Crippen LogP contribution in [0, 0.1) is 6.92 Å². The summed E-state index contributed by atoms with van der Waals surface area (Å²) in [7, 11) is 0. The van der Waals surface area contributed by atoms with Crippen LogP contribution in [-0.2, 0) is 0 Å². The molecule has 1 heterocycles. The summed E-state index contributed by atoms with van der Waals surface area (Å²) in [5.41, 5.74) is 4.32. The van der Waals surface area contributed by atoms with Crippen LogP contribution in [0.5, 0.6) is 5.75 Å². The number of imidazole rings is 1. The molecule has 1 aromatic heterocycles. The fourth-order valence-corrected chi connectivity index (χ4v) is 2.16. The monoisotopic (exact) mass is 252 g/mol. The first-order valence-electron chi connectivity index (χ1n) is 6.46. The maximum Gasteiger partial charge on any atom is 0.138 e. The molecule has 3 nitrogen and oxygen atoms in total. The summed E-state index contributed by atoms with van der Waals surface area (Å²) < 4.78 is 5.52. The maximum atomic E-state index is 5.52. The van der Waals surface area contributed by atoms with E-state index in [2.05, 4.69) is 29.0 Å². The maximum absolute atomic E-state index is 5.52. The molecule has 0 saturated carbocycles. The second-order valence-corrected chi connectivity index (χ2v) is 4.57. The highest BCUT2D eigenvalue weighted by atomic mass is 16.5. The number of aromatic amines is 1. The molecule has 19 heavy (non-hydrogen) atoms. The van der Waals surface area contributed by atoms with Crippen molar-refractivity contribution in [3.8, 4) is 17.1 Å². The second-order valence-electron chi connectivity index (χ2n) is 4.57. The summed E-state index contributed by atoms with van der Waals surface area (Å²) in [6.07, 6.45) is 0. The minimum absolute atomic E-state index is 0.669. The lowest BCUT2D eigenvalue weighted by atomic mass is 10.2. The molecule has 1 N–H and O–H groups in total. The molecule has 0 aliphatic carbocycles. The number of nitrogens with one attached hydrogen (secondary N) is 1. The second kappa shape index (κ2) is 4.76. The molecule has 0 aliphatic rings. The molecule has 0 spiro atoms. The number of aryl methyl sites for hydroxylation is 1. The predicted octanol–water partition coefficient (Wildman–Crippen LogP) is 3.94. The van der Waals surface area contributed by atoms with Crippen molar-refractivity contribution >= 4 is 11.0 Å². The van der Waals surface area contributed by atoms with E-state index in [-0.39, 0.29) is 0 Å². The number of nitrogens with zero attached hydrogens (tertiary/aromatic N) is 1. The molecular formula is C16H16N2O. The van der Waals surface area contributed by atoms with Gasteiger partial charge in [0.25, 0.3) is 0 Å². The highest BCUT2D eigenvalue weighted by molar-refractivity contribution is 5.80. The van der Waals surface area contributed by atoms with Crippen molar-refractivity contribution in [3.05, 3.63) is 48.0 Å². The number of fused-ring (bicyclic) bond motifs is 1. The number of rotatable bonds is 3. The van der Waals surface area contributed by atoms with E-state index in [0.29, 0.717) is 6.61 Å². The van der Waals surface area contributed by atoms with E-state index in [0.717, 1.165) is 28.2 Å². The van der Waals surface area contributed by atoms with Crippen molar-refractivity contribution in [2.45, 2.75) is 13.8 Å². The molecule has 0 amide bonds. The summed E-state index contributed by atoms with van der Waals surface area (Å²) in [4.78, 5) is 7.97. The van der Waals surface area contributed by atoms with Gasteiger partial charge in [-0.25, -0.2) is 4.98 Å². The SMILES string of the molecule is CCOc1cccc(-c2nc3ccc(C)cc3[nH]2)c1. The molecule has 0 radical (unpaired) electrons. The van der Waals surface area contributed by atoms with Crippen LogP contribution in [0.4, 0.5) is 0 Å². The van der Waals surface area contributed by atoms with Crippen molar-refractivity contribution in [1.29, 1.82) is 0 Å². The van der Waals surface area contributed by atoms with Crippen LogP contribution >= 0.6 is 0 Å². The number of ether oxygens (including phenoxy) is 1. The van der Waals surface area contributed by atoms with Gasteiger partial charge in [-0.1, -0.05) is 18.2 Å². The van der Waals surface area contributed by atoms with E-state index in [1.54, 1.807) is 0 Å². The molecule has 3 heteroatoms. The van der Waals surface area contributed by atoms with Crippen molar-refractivity contribution in [1.82, 2.24) is 9.97 Å². The van der Waals surface area contributed by atoms with Crippen LogP contribution in [0.25, 0.3) is 22.4 Å². The molecule has 0 atom stereocenters. The van der Waals surface area contributed by atoms with Crippen LogP contribution < -0.4 is 4.74 Å². The lowest BCUT2D eigenvalue weighted by Gasteiger charge is -2.03. The molecule has 2 aromatic carbocycles. The van der Waals surface area contributed by atoms with Gasteiger partial charge in [-0.3, -0.25) is 0 Å². The zero-order valence-corrected chi connectivity index (χ0v) is 11.1. The standard InChI is InChI=1S/C16H16N2O/c1-3-19-13-6-4-5-12(10-13)16-17-14-8-7-11(2)9-15(14)18-16/h4-10H,3H2,1-2H3,(H,17,18). The topological polar surface area (TPSA) is 37.9 Å². The van der Waals surface area contributed by atoms with Gasteiger partial charge in [0.2, 0.25) is 0 Å². The Balaban J connectivity index is 2.05.